The van der Waals surface area contributed by atoms with E-state index >= 15 is 0 Å². The van der Waals surface area contributed by atoms with Gasteiger partial charge in [0.05, 0.1) is 16.6 Å². The number of nitrogens with two attached hydrogens (primary N) is 1. The number of pyridine rings is 1. The molecule has 0 atom stereocenters. The van der Waals surface area contributed by atoms with Gasteiger partial charge in [0.15, 0.2) is 0 Å². The highest BCUT2D eigenvalue weighted by molar-refractivity contribution is 5.95. The fraction of sp³-hybridized carbons (Fsp3) is 0.136. The van der Waals surface area contributed by atoms with Crippen LogP contribution in [-0.2, 0) is 13.5 Å². The molecule has 0 spiro atoms. The Bertz CT molecular complexity index is 1230. The molecule has 0 radical (unpaired) electrons. The van der Waals surface area contributed by atoms with Gasteiger partial charge >= 0.3 is 0 Å². The molecule has 7 heteroatoms. The lowest BCUT2D eigenvalue weighted by molar-refractivity contribution is 0.0999. The maximum Gasteiger partial charge on any atom is 0.248 e. The van der Waals surface area contributed by atoms with Crippen molar-refractivity contribution >= 4 is 16.8 Å². The van der Waals surface area contributed by atoms with Gasteiger partial charge in [-0.15, -0.1) is 5.10 Å². The van der Waals surface area contributed by atoms with Crippen LogP contribution >= 0.6 is 0 Å². The maximum atomic E-state index is 13.9. The summed E-state index contributed by atoms with van der Waals surface area (Å²) in [6.07, 6.45) is 2.32. The molecule has 4 rings (SSSR count). The van der Waals surface area contributed by atoms with E-state index in [1.54, 1.807) is 49.6 Å². The third kappa shape index (κ3) is 3.54. The summed E-state index contributed by atoms with van der Waals surface area (Å²) in [7, 11) is 1.69. The summed E-state index contributed by atoms with van der Waals surface area (Å²) in [5.41, 5.74) is 9.04. The van der Waals surface area contributed by atoms with E-state index in [-0.39, 0.29) is 0 Å². The molecule has 0 aliphatic heterocycles. The molecule has 146 valence electrons. The van der Waals surface area contributed by atoms with Crippen molar-refractivity contribution in [2.75, 3.05) is 0 Å². The first kappa shape index (κ1) is 18.6. The molecule has 0 unspecified atom stereocenters. The predicted octanol–water partition coefficient (Wildman–Crippen LogP) is 4.23. The minimum Gasteiger partial charge on any atom is -0.457 e. The average molecular weight is 390 g/mol. The first-order valence-electron chi connectivity index (χ1n) is 9.15. The molecule has 0 saturated heterocycles. The zero-order valence-corrected chi connectivity index (χ0v) is 16.0. The van der Waals surface area contributed by atoms with Crippen molar-refractivity contribution in [2.24, 2.45) is 12.8 Å². The summed E-state index contributed by atoms with van der Waals surface area (Å²) in [4.78, 5) is 16.0. The Balaban J connectivity index is 1.66. The van der Waals surface area contributed by atoms with Crippen LogP contribution in [-0.4, -0.2) is 20.7 Å². The van der Waals surface area contributed by atoms with Crippen molar-refractivity contribution in [2.45, 2.75) is 13.3 Å². The summed E-state index contributed by atoms with van der Waals surface area (Å²) in [6, 6.07) is 14.1. The van der Waals surface area contributed by atoms with Gasteiger partial charge < -0.3 is 10.5 Å². The van der Waals surface area contributed by atoms with Gasteiger partial charge in [-0.1, -0.05) is 13.0 Å². The molecule has 2 N–H and O–H groups in total. The van der Waals surface area contributed by atoms with Gasteiger partial charge in [-0.2, -0.15) is 4.39 Å². The van der Waals surface area contributed by atoms with Gasteiger partial charge in [0.2, 0.25) is 11.9 Å². The number of amides is 1. The number of aryl methyl sites for hydroxylation is 2. The Morgan fingerprint density at radius 1 is 1.14 bits per heavy atom. The molecule has 6 nitrogen and oxygen atoms in total. The molecule has 1 amide bonds. The number of hydrogen-bond donors (Lipinski definition) is 1. The van der Waals surface area contributed by atoms with Crippen LogP contribution in [0.4, 0.5) is 4.39 Å². The topological polar surface area (TPSA) is 83.0 Å². The minimum atomic E-state index is -0.537. The molecule has 0 aliphatic carbocycles. The van der Waals surface area contributed by atoms with Gasteiger partial charge in [-0.3, -0.25) is 14.5 Å². The first-order valence-corrected chi connectivity index (χ1v) is 9.15. The number of rotatable bonds is 5. The second-order valence-corrected chi connectivity index (χ2v) is 6.66. The first-order chi connectivity index (χ1) is 14.0. The fourth-order valence-corrected chi connectivity index (χ4v) is 3.32. The standard InChI is InChI=1S/C22H19FN4O2/c1-3-13-10-14(4-6-17(13)22(24)28)19-12-16(8-9-25-19)29-15-5-7-20-18(11-15)21(23)26-27(20)2/h4-12H,3H2,1-2H3,(H2,24,28). The zero-order chi connectivity index (χ0) is 20.5. The Hall–Kier alpha value is -3.74. The number of hydrogen-bond acceptors (Lipinski definition) is 4. The monoisotopic (exact) mass is 390 g/mol. The van der Waals surface area contributed by atoms with Crippen molar-refractivity contribution in [3.05, 3.63) is 71.8 Å². The quantitative estimate of drug-likeness (QED) is 0.553. The smallest absolute Gasteiger partial charge is 0.248 e. The average Bonchev–Trinajstić information content (AvgIpc) is 3.00. The van der Waals surface area contributed by atoms with Crippen LogP contribution < -0.4 is 10.5 Å². The van der Waals surface area contributed by atoms with Crippen LogP contribution in [0.2, 0.25) is 0 Å². The van der Waals surface area contributed by atoms with Crippen molar-refractivity contribution in [3.63, 3.8) is 0 Å². The van der Waals surface area contributed by atoms with Gasteiger partial charge in [-0.05, 0) is 48.4 Å². The third-order valence-electron chi connectivity index (χ3n) is 4.79. The van der Waals surface area contributed by atoms with Crippen molar-refractivity contribution in [1.29, 1.82) is 0 Å². The number of primary amides is 1. The highest BCUT2D eigenvalue weighted by atomic mass is 19.1. The highest BCUT2D eigenvalue weighted by Crippen LogP contribution is 2.29. The number of nitrogens with zero attached hydrogens (tertiary/aromatic N) is 3. The second-order valence-electron chi connectivity index (χ2n) is 6.66. The van der Waals surface area contributed by atoms with Gasteiger partial charge in [0.1, 0.15) is 11.5 Å². The number of halogens is 1. The number of ether oxygens (including phenoxy) is 1. The molecule has 0 fully saturated rings. The van der Waals surface area contributed by atoms with E-state index in [1.165, 1.54) is 4.68 Å². The van der Waals surface area contributed by atoms with E-state index in [4.69, 9.17) is 10.5 Å². The van der Waals surface area contributed by atoms with Crippen LogP contribution in [0.25, 0.3) is 22.2 Å². The summed E-state index contributed by atoms with van der Waals surface area (Å²) in [5.74, 6) is 0.0806. The molecule has 4 aromatic rings. The van der Waals surface area contributed by atoms with Crippen LogP contribution in [0.1, 0.15) is 22.8 Å². The Kier molecular flexibility index (Phi) is 4.72. The molecule has 0 bridgehead atoms. The van der Waals surface area contributed by atoms with Crippen LogP contribution in [0.5, 0.6) is 11.5 Å². The molecule has 2 aromatic carbocycles. The molecule has 29 heavy (non-hydrogen) atoms. The van der Waals surface area contributed by atoms with E-state index in [2.05, 4.69) is 10.1 Å². The lowest BCUT2D eigenvalue weighted by Crippen LogP contribution is -2.13. The van der Waals surface area contributed by atoms with E-state index in [1.807, 2.05) is 19.1 Å². The molecule has 0 saturated carbocycles. The van der Waals surface area contributed by atoms with Gasteiger partial charge in [0, 0.05) is 30.4 Å². The van der Waals surface area contributed by atoms with Crippen LogP contribution in [0.15, 0.2) is 54.7 Å². The van der Waals surface area contributed by atoms with Crippen LogP contribution in [0, 0.1) is 5.95 Å². The summed E-state index contributed by atoms with van der Waals surface area (Å²) < 4.78 is 21.3. The van der Waals surface area contributed by atoms with Gasteiger partial charge in [0.25, 0.3) is 0 Å². The number of carbonyl (C=O) groups excluding carboxylic acids is 1. The Morgan fingerprint density at radius 3 is 2.69 bits per heavy atom. The van der Waals surface area contributed by atoms with E-state index in [0.717, 1.165) is 11.1 Å². The van der Waals surface area contributed by atoms with Gasteiger partial charge in [-0.25, -0.2) is 0 Å². The predicted molar refractivity (Wildman–Crippen MR) is 108 cm³/mol. The van der Waals surface area contributed by atoms with E-state index in [0.29, 0.717) is 40.1 Å². The SMILES string of the molecule is CCc1cc(-c2cc(Oc3ccc4c(c3)c(F)nn4C)ccn2)ccc1C(N)=O. The largest absolute Gasteiger partial charge is 0.457 e. The highest BCUT2D eigenvalue weighted by Gasteiger charge is 2.12. The number of fused-ring (bicyclic) bond motifs is 1. The van der Waals surface area contributed by atoms with Crippen LogP contribution in [0.3, 0.4) is 0 Å². The number of aromatic nitrogens is 3. The Labute approximate surface area is 166 Å². The lowest BCUT2D eigenvalue weighted by atomic mass is 9.99. The van der Waals surface area contributed by atoms with Crippen molar-refractivity contribution in [3.8, 4) is 22.8 Å². The Morgan fingerprint density at radius 2 is 1.93 bits per heavy atom. The molecule has 2 aromatic heterocycles. The minimum absolute atomic E-state index is 0.397. The third-order valence-corrected chi connectivity index (χ3v) is 4.79. The van der Waals surface area contributed by atoms with Crippen molar-refractivity contribution < 1.29 is 13.9 Å². The summed E-state index contributed by atoms with van der Waals surface area (Å²) in [6.45, 7) is 1.96. The fourth-order valence-electron chi connectivity index (χ4n) is 3.32. The summed E-state index contributed by atoms with van der Waals surface area (Å²) >= 11 is 0. The van der Waals surface area contributed by atoms with E-state index < -0.39 is 11.9 Å². The molecular formula is C22H19FN4O2. The lowest BCUT2D eigenvalue weighted by Gasteiger charge is -2.10. The molecule has 0 aliphatic rings. The number of benzene rings is 2. The zero-order valence-electron chi connectivity index (χ0n) is 16.0. The second kappa shape index (κ2) is 7.35. The molecular weight excluding hydrogens is 371 g/mol. The normalized spacial score (nSPS) is 11.0. The van der Waals surface area contributed by atoms with Crippen molar-refractivity contribution in [1.82, 2.24) is 14.8 Å². The number of carbonyl (C=O) groups is 1. The van der Waals surface area contributed by atoms with E-state index in [9.17, 15) is 9.18 Å². The summed E-state index contributed by atoms with van der Waals surface area (Å²) in [5, 5.41) is 4.18. The maximum absolute atomic E-state index is 13.9. The molecule has 2 heterocycles.